The normalized spacial score (nSPS) is 26.6. The van der Waals surface area contributed by atoms with Gasteiger partial charge in [-0.15, -0.1) is 0 Å². The van der Waals surface area contributed by atoms with Crippen LogP contribution in [0.3, 0.4) is 0 Å². The molecule has 112 valence electrons. The van der Waals surface area contributed by atoms with E-state index in [0.717, 1.165) is 25.9 Å². The third kappa shape index (κ3) is 3.93. The smallest absolute Gasteiger partial charge is 0.323 e. The van der Waals surface area contributed by atoms with Gasteiger partial charge in [-0.05, 0) is 26.7 Å². The number of ether oxygens (including phenoxy) is 2. The van der Waals surface area contributed by atoms with Crippen LogP contribution in [-0.4, -0.2) is 37.4 Å². The maximum atomic E-state index is 11.9. The summed E-state index contributed by atoms with van der Waals surface area (Å²) < 4.78 is 10.9. The Morgan fingerprint density at radius 3 is 2.47 bits per heavy atom. The summed E-state index contributed by atoms with van der Waals surface area (Å²) in [4.78, 5) is 11.9. The molecular weight excluding hydrogens is 242 g/mol. The second-order valence-electron chi connectivity index (χ2n) is 5.81. The minimum atomic E-state index is -0.184. The summed E-state index contributed by atoms with van der Waals surface area (Å²) in [5, 5.41) is 3.46. The number of esters is 1. The molecule has 19 heavy (non-hydrogen) atoms. The summed E-state index contributed by atoms with van der Waals surface area (Å²) in [6.07, 6.45) is 3.06. The van der Waals surface area contributed by atoms with Gasteiger partial charge in [0.2, 0.25) is 0 Å². The van der Waals surface area contributed by atoms with Crippen LogP contribution in [0.15, 0.2) is 0 Å². The minimum Gasteiger partial charge on any atom is -0.465 e. The Morgan fingerprint density at radius 2 is 2.00 bits per heavy atom. The van der Waals surface area contributed by atoms with Crippen LogP contribution < -0.4 is 5.32 Å². The van der Waals surface area contributed by atoms with Gasteiger partial charge in [0.15, 0.2) is 0 Å². The number of hydrogen-bond acceptors (Lipinski definition) is 4. The molecule has 1 aliphatic carbocycles. The van der Waals surface area contributed by atoms with E-state index in [0.29, 0.717) is 18.8 Å². The summed E-state index contributed by atoms with van der Waals surface area (Å²) in [5.41, 5.74) is 0.0779. The molecule has 0 radical (unpaired) electrons. The van der Waals surface area contributed by atoms with Gasteiger partial charge >= 0.3 is 5.97 Å². The second-order valence-corrected chi connectivity index (χ2v) is 5.81. The molecule has 0 bridgehead atoms. The van der Waals surface area contributed by atoms with Crippen LogP contribution in [0.2, 0.25) is 0 Å². The van der Waals surface area contributed by atoms with Crippen LogP contribution in [0.1, 0.15) is 53.9 Å². The van der Waals surface area contributed by atoms with E-state index in [1.807, 2.05) is 13.8 Å². The van der Waals surface area contributed by atoms with Crippen molar-refractivity contribution in [3.05, 3.63) is 0 Å². The summed E-state index contributed by atoms with van der Waals surface area (Å²) in [6, 6.07) is 0.141. The molecule has 1 rings (SSSR count). The lowest BCUT2D eigenvalue weighted by atomic mass is 9.64. The van der Waals surface area contributed by atoms with E-state index in [1.54, 1.807) is 0 Å². The van der Waals surface area contributed by atoms with Crippen LogP contribution in [0.25, 0.3) is 0 Å². The van der Waals surface area contributed by atoms with E-state index in [2.05, 4.69) is 26.1 Å². The van der Waals surface area contributed by atoms with Gasteiger partial charge in [0.25, 0.3) is 0 Å². The molecule has 0 aliphatic heterocycles. The zero-order chi connectivity index (χ0) is 14.5. The fraction of sp³-hybridized carbons (Fsp3) is 0.933. The molecule has 4 nitrogen and oxygen atoms in total. The molecule has 1 fully saturated rings. The molecule has 0 aromatic rings. The third-order valence-corrected chi connectivity index (χ3v) is 4.10. The Hall–Kier alpha value is -0.610. The van der Waals surface area contributed by atoms with Gasteiger partial charge in [0, 0.05) is 18.1 Å². The highest BCUT2D eigenvalue weighted by Crippen LogP contribution is 2.43. The summed E-state index contributed by atoms with van der Waals surface area (Å²) in [7, 11) is 0. The van der Waals surface area contributed by atoms with Crippen LogP contribution >= 0.6 is 0 Å². The standard InChI is InChI=1S/C15H29NO3/c1-6-9-11(14(17)19-8-3)16-12-10-13(18-7-2)15(12,4)5/h11-13,16H,6-10H2,1-5H3. The molecule has 0 saturated heterocycles. The van der Waals surface area contributed by atoms with E-state index in [4.69, 9.17) is 9.47 Å². The molecule has 1 saturated carbocycles. The van der Waals surface area contributed by atoms with Gasteiger partial charge in [0.05, 0.1) is 12.7 Å². The van der Waals surface area contributed by atoms with Crippen molar-refractivity contribution in [1.82, 2.24) is 5.32 Å². The lowest BCUT2D eigenvalue weighted by Gasteiger charge is -2.52. The third-order valence-electron chi connectivity index (χ3n) is 4.10. The molecule has 0 aromatic heterocycles. The Morgan fingerprint density at radius 1 is 1.32 bits per heavy atom. The molecule has 0 spiro atoms. The Labute approximate surface area is 117 Å². The summed E-state index contributed by atoms with van der Waals surface area (Å²) >= 11 is 0. The van der Waals surface area contributed by atoms with E-state index >= 15 is 0 Å². The molecule has 1 N–H and O–H groups in total. The first kappa shape index (κ1) is 16.4. The molecular formula is C15H29NO3. The average molecular weight is 271 g/mol. The Bertz CT molecular complexity index is 291. The van der Waals surface area contributed by atoms with Crippen molar-refractivity contribution in [2.75, 3.05) is 13.2 Å². The van der Waals surface area contributed by atoms with Crippen molar-refractivity contribution >= 4 is 5.97 Å². The largest absolute Gasteiger partial charge is 0.465 e. The molecule has 0 aromatic carbocycles. The molecule has 0 amide bonds. The van der Waals surface area contributed by atoms with E-state index < -0.39 is 0 Å². The highest BCUT2D eigenvalue weighted by molar-refractivity contribution is 5.75. The summed E-state index contributed by atoms with van der Waals surface area (Å²) in [6.45, 7) is 11.5. The highest BCUT2D eigenvalue weighted by Gasteiger charge is 2.49. The van der Waals surface area contributed by atoms with Crippen molar-refractivity contribution in [3.63, 3.8) is 0 Å². The van der Waals surface area contributed by atoms with Crippen LogP contribution in [0, 0.1) is 5.41 Å². The van der Waals surface area contributed by atoms with Gasteiger partial charge in [-0.3, -0.25) is 4.79 Å². The van der Waals surface area contributed by atoms with Crippen LogP contribution in [0.5, 0.6) is 0 Å². The fourth-order valence-corrected chi connectivity index (χ4v) is 2.70. The van der Waals surface area contributed by atoms with Crippen molar-refractivity contribution in [3.8, 4) is 0 Å². The van der Waals surface area contributed by atoms with E-state index in [1.165, 1.54) is 0 Å². The minimum absolute atomic E-state index is 0.0779. The topological polar surface area (TPSA) is 47.6 Å². The van der Waals surface area contributed by atoms with Crippen LogP contribution in [0.4, 0.5) is 0 Å². The van der Waals surface area contributed by atoms with Gasteiger partial charge < -0.3 is 14.8 Å². The monoisotopic (exact) mass is 271 g/mol. The predicted molar refractivity (Wildman–Crippen MR) is 76.1 cm³/mol. The average Bonchev–Trinajstić information content (AvgIpc) is 2.36. The highest BCUT2D eigenvalue weighted by atomic mass is 16.5. The van der Waals surface area contributed by atoms with Crippen molar-refractivity contribution in [2.45, 2.75) is 72.1 Å². The maximum Gasteiger partial charge on any atom is 0.323 e. The quantitative estimate of drug-likeness (QED) is 0.689. The van der Waals surface area contributed by atoms with Crippen molar-refractivity contribution in [1.29, 1.82) is 0 Å². The van der Waals surface area contributed by atoms with Crippen molar-refractivity contribution < 1.29 is 14.3 Å². The van der Waals surface area contributed by atoms with Gasteiger partial charge in [0.1, 0.15) is 6.04 Å². The van der Waals surface area contributed by atoms with Gasteiger partial charge in [-0.2, -0.15) is 0 Å². The lowest BCUT2D eigenvalue weighted by Crippen LogP contribution is -2.63. The molecule has 4 heteroatoms. The Kier molecular flexibility index (Phi) is 6.27. The number of carbonyl (C=O) groups excluding carboxylic acids is 1. The van der Waals surface area contributed by atoms with Gasteiger partial charge in [-0.1, -0.05) is 27.2 Å². The SMILES string of the molecule is CCCC(NC1CC(OCC)C1(C)C)C(=O)OCC. The van der Waals surface area contributed by atoms with Crippen LogP contribution in [-0.2, 0) is 14.3 Å². The van der Waals surface area contributed by atoms with E-state index in [-0.39, 0.29) is 17.4 Å². The Balaban J connectivity index is 2.54. The first-order valence-electron chi connectivity index (χ1n) is 7.51. The predicted octanol–water partition coefficient (Wildman–Crippen LogP) is 2.51. The molecule has 3 unspecified atom stereocenters. The van der Waals surface area contributed by atoms with Gasteiger partial charge in [-0.25, -0.2) is 0 Å². The van der Waals surface area contributed by atoms with Crippen molar-refractivity contribution in [2.24, 2.45) is 5.41 Å². The fourth-order valence-electron chi connectivity index (χ4n) is 2.70. The molecule has 1 aliphatic rings. The summed E-state index contributed by atoms with van der Waals surface area (Å²) in [5.74, 6) is -0.125. The number of rotatable bonds is 8. The second kappa shape index (κ2) is 7.25. The first-order valence-corrected chi connectivity index (χ1v) is 7.51. The number of nitrogens with one attached hydrogen (secondary N) is 1. The number of carbonyl (C=O) groups is 1. The molecule has 0 heterocycles. The number of hydrogen-bond donors (Lipinski definition) is 1. The maximum absolute atomic E-state index is 11.9. The lowest BCUT2D eigenvalue weighted by molar-refractivity contribution is -0.150. The zero-order valence-electron chi connectivity index (χ0n) is 13.0. The zero-order valence-corrected chi connectivity index (χ0v) is 13.0. The first-order chi connectivity index (χ1) is 8.97. The van der Waals surface area contributed by atoms with E-state index in [9.17, 15) is 4.79 Å². The molecule has 3 atom stereocenters.